The van der Waals surface area contributed by atoms with E-state index in [2.05, 4.69) is 54.6 Å². The molecule has 1 aliphatic carbocycles. The molecule has 3 rings (SSSR count). The van der Waals surface area contributed by atoms with Gasteiger partial charge in [0.2, 0.25) is 0 Å². The number of hydrogen-bond acceptors (Lipinski definition) is 2. The highest BCUT2D eigenvalue weighted by molar-refractivity contribution is 9.09. The van der Waals surface area contributed by atoms with Gasteiger partial charge in [0, 0.05) is 30.3 Å². The summed E-state index contributed by atoms with van der Waals surface area (Å²) in [6, 6.07) is 7.07. The summed E-state index contributed by atoms with van der Waals surface area (Å²) in [5.41, 5.74) is 1.04. The molecule has 0 radical (unpaired) electrons. The normalized spacial score (nSPS) is 16.9. The molecule has 0 aromatic carbocycles. The summed E-state index contributed by atoms with van der Waals surface area (Å²) in [7, 11) is 0. The van der Waals surface area contributed by atoms with E-state index in [0.29, 0.717) is 6.04 Å². The van der Waals surface area contributed by atoms with Crippen LogP contribution in [0.1, 0.15) is 32.1 Å². The van der Waals surface area contributed by atoms with Gasteiger partial charge in [-0.3, -0.25) is 4.40 Å². The summed E-state index contributed by atoms with van der Waals surface area (Å²) in [4.78, 5) is 6.95. The third-order valence-corrected chi connectivity index (χ3v) is 4.40. The van der Waals surface area contributed by atoms with Crippen molar-refractivity contribution in [2.45, 2.75) is 38.1 Å². The van der Waals surface area contributed by atoms with E-state index in [1.807, 2.05) is 6.20 Å². The Balaban J connectivity index is 1.96. The van der Waals surface area contributed by atoms with Gasteiger partial charge in [0.1, 0.15) is 11.5 Å². The highest BCUT2D eigenvalue weighted by Gasteiger charge is 2.22. The van der Waals surface area contributed by atoms with Crippen molar-refractivity contribution < 1.29 is 0 Å². The second-order valence-corrected chi connectivity index (χ2v) is 6.01. The number of nitrogens with zero attached hydrogens (tertiary/aromatic N) is 3. The topological polar surface area (TPSA) is 20.5 Å². The van der Waals surface area contributed by atoms with Crippen LogP contribution in [-0.4, -0.2) is 27.3 Å². The zero-order valence-electron chi connectivity index (χ0n) is 11.1. The van der Waals surface area contributed by atoms with Gasteiger partial charge < -0.3 is 4.90 Å². The number of aromatic nitrogens is 2. The molecule has 0 unspecified atom stereocenters. The molecule has 1 fully saturated rings. The standard InChI is InChI=1S/C15H20BrN3/c16-9-11-18(13-5-2-1-3-6-13)15-8-4-7-14-17-10-12-19(14)15/h4,7-8,10,12-13H,1-3,5-6,9,11H2. The summed E-state index contributed by atoms with van der Waals surface area (Å²) in [5, 5.41) is 1.01. The molecule has 0 aliphatic heterocycles. The first-order valence-electron chi connectivity index (χ1n) is 7.15. The van der Waals surface area contributed by atoms with Crippen LogP contribution in [0.25, 0.3) is 5.65 Å². The number of fused-ring (bicyclic) bond motifs is 1. The summed E-state index contributed by atoms with van der Waals surface area (Å²) in [6.45, 7) is 1.06. The molecule has 0 N–H and O–H groups in total. The predicted octanol–water partition coefficient (Wildman–Crippen LogP) is 3.87. The quantitative estimate of drug-likeness (QED) is 0.797. The molecule has 0 spiro atoms. The fourth-order valence-electron chi connectivity index (χ4n) is 3.13. The maximum absolute atomic E-state index is 4.39. The molecule has 19 heavy (non-hydrogen) atoms. The van der Waals surface area contributed by atoms with Gasteiger partial charge in [-0.1, -0.05) is 41.3 Å². The Morgan fingerprint density at radius 3 is 2.89 bits per heavy atom. The van der Waals surface area contributed by atoms with Crippen molar-refractivity contribution in [3.8, 4) is 0 Å². The van der Waals surface area contributed by atoms with Crippen LogP contribution in [0.2, 0.25) is 0 Å². The van der Waals surface area contributed by atoms with Crippen LogP contribution >= 0.6 is 15.9 Å². The zero-order chi connectivity index (χ0) is 13.1. The van der Waals surface area contributed by atoms with Crippen molar-refractivity contribution in [1.29, 1.82) is 0 Å². The van der Waals surface area contributed by atoms with Crippen molar-refractivity contribution in [1.82, 2.24) is 9.38 Å². The summed E-state index contributed by atoms with van der Waals surface area (Å²) in [5.74, 6) is 1.28. The molecular formula is C15H20BrN3. The van der Waals surface area contributed by atoms with Crippen LogP contribution in [0.3, 0.4) is 0 Å². The predicted molar refractivity (Wildman–Crippen MR) is 83.2 cm³/mol. The van der Waals surface area contributed by atoms with Gasteiger partial charge in [-0.25, -0.2) is 4.98 Å². The smallest absolute Gasteiger partial charge is 0.138 e. The molecule has 0 atom stereocenters. The lowest BCUT2D eigenvalue weighted by Gasteiger charge is -2.36. The van der Waals surface area contributed by atoms with Gasteiger partial charge in [-0.15, -0.1) is 0 Å². The highest BCUT2D eigenvalue weighted by Crippen LogP contribution is 2.27. The average molecular weight is 322 g/mol. The van der Waals surface area contributed by atoms with Crippen LogP contribution in [0.15, 0.2) is 30.6 Å². The van der Waals surface area contributed by atoms with E-state index in [9.17, 15) is 0 Å². The van der Waals surface area contributed by atoms with E-state index in [-0.39, 0.29) is 0 Å². The summed E-state index contributed by atoms with van der Waals surface area (Å²) in [6.07, 6.45) is 10.7. The Morgan fingerprint density at radius 1 is 1.26 bits per heavy atom. The third-order valence-electron chi connectivity index (χ3n) is 4.04. The average Bonchev–Trinajstić information content (AvgIpc) is 2.94. The molecule has 1 saturated carbocycles. The SMILES string of the molecule is BrCCN(c1cccc2nccn12)C1CCCCC1. The van der Waals surface area contributed by atoms with Crippen molar-refractivity contribution in [3.05, 3.63) is 30.6 Å². The Morgan fingerprint density at radius 2 is 2.11 bits per heavy atom. The monoisotopic (exact) mass is 321 g/mol. The van der Waals surface area contributed by atoms with Crippen molar-refractivity contribution in [2.24, 2.45) is 0 Å². The Hall–Kier alpha value is -1.03. The lowest BCUT2D eigenvalue weighted by atomic mass is 9.94. The van der Waals surface area contributed by atoms with E-state index in [1.54, 1.807) is 0 Å². The molecule has 0 amide bonds. The van der Waals surface area contributed by atoms with Crippen LogP contribution in [-0.2, 0) is 0 Å². The van der Waals surface area contributed by atoms with Gasteiger partial charge >= 0.3 is 0 Å². The second-order valence-electron chi connectivity index (χ2n) is 5.21. The highest BCUT2D eigenvalue weighted by atomic mass is 79.9. The van der Waals surface area contributed by atoms with Crippen LogP contribution in [0, 0.1) is 0 Å². The van der Waals surface area contributed by atoms with Crippen molar-refractivity contribution in [3.63, 3.8) is 0 Å². The van der Waals surface area contributed by atoms with Crippen molar-refractivity contribution in [2.75, 3.05) is 16.8 Å². The number of hydrogen-bond donors (Lipinski definition) is 0. The van der Waals surface area contributed by atoms with E-state index in [0.717, 1.165) is 17.5 Å². The number of pyridine rings is 1. The largest absolute Gasteiger partial charge is 0.354 e. The zero-order valence-corrected chi connectivity index (χ0v) is 12.7. The van der Waals surface area contributed by atoms with E-state index in [1.165, 1.54) is 37.9 Å². The number of imidazole rings is 1. The summed E-state index contributed by atoms with van der Waals surface area (Å²) < 4.78 is 2.21. The molecule has 2 aromatic rings. The van der Waals surface area contributed by atoms with E-state index in [4.69, 9.17) is 0 Å². The Bertz CT molecular complexity index is 531. The number of alkyl halides is 1. The lowest BCUT2D eigenvalue weighted by molar-refractivity contribution is 0.416. The molecular weight excluding hydrogens is 302 g/mol. The van der Waals surface area contributed by atoms with Gasteiger partial charge in [-0.2, -0.15) is 0 Å². The van der Waals surface area contributed by atoms with Gasteiger partial charge in [0.05, 0.1) is 0 Å². The molecule has 0 saturated heterocycles. The van der Waals surface area contributed by atoms with Gasteiger partial charge in [0.15, 0.2) is 0 Å². The van der Waals surface area contributed by atoms with Crippen LogP contribution in [0.5, 0.6) is 0 Å². The summed E-state index contributed by atoms with van der Waals surface area (Å²) >= 11 is 3.60. The van der Waals surface area contributed by atoms with Crippen LogP contribution in [0.4, 0.5) is 5.82 Å². The number of halogens is 1. The second kappa shape index (κ2) is 5.95. The first-order chi connectivity index (χ1) is 9.40. The molecule has 2 aromatic heterocycles. The van der Waals surface area contributed by atoms with Crippen LogP contribution < -0.4 is 4.90 Å². The van der Waals surface area contributed by atoms with E-state index < -0.39 is 0 Å². The number of rotatable bonds is 4. The maximum Gasteiger partial charge on any atom is 0.138 e. The molecule has 0 bridgehead atoms. The molecule has 1 aliphatic rings. The molecule has 4 heteroatoms. The van der Waals surface area contributed by atoms with Crippen molar-refractivity contribution >= 4 is 27.4 Å². The van der Waals surface area contributed by atoms with Gasteiger partial charge in [-0.05, 0) is 25.0 Å². The minimum atomic E-state index is 0.680. The minimum Gasteiger partial charge on any atom is -0.354 e. The maximum atomic E-state index is 4.39. The first kappa shape index (κ1) is 13.0. The van der Waals surface area contributed by atoms with E-state index >= 15 is 0 Å². The molecule has 3 nitrogen and oxygen atoms in total. The minimum absolute atomic E-state index is 0.680. The Kier molecular flexibility index (Phi) is 4.06. The lowest BCUT2D eigenvalue weighted by Crippen LogP contribution is -2.39. The fourth-order valence-corrected chi connectivity index (χ4v) is 3.52. The first-order valence-corrected chi connectivity index (χ1v) is 8.27. The third kappa shape index (κ3) is 2.64. The molecule has 2 heterocycles. The molecule has 102 valence electrons. The fraction of sp³-hybridized carbons (Fsp3) is 0.533. The van der Waals surface area contributed by atoms with Gasteiger partial charge in [0.25, 0.3) is 0 Å². The Labute approximate surface area is 122 Å². The number of anilines is 1.